The Kier molecular flexibility index (Phi) is 8.10. The van der Waals surface area contributed by atoms with Crippen LogP contribution >= 0.6 is 23.2 Å². The number of carboxylic acid groups (broad SMARTS) is 2. The van der Waals surface area contributed by atoms with Gasteiger partial charge in [-0.2, -0.15) is 0 Å². The molecule has 12 heteroatoms. The lowest BCUT2D eigenvalue weighted by Gasteiger charge is -2.37. The Morgan fingerprint density at radius 3 is 2.26 bits per heavy atom. The molecule has 0 spiro atoms. The molecule has 1 amide bonds. The summed E-state index contributed by atoms with van der Waals surface area (Å²) in [5.74, 6) is -5.71. The molecule has 4 rings (SSSR count). The van der Waals surface area contributed by atoms with Gasteiger partial charge in [0.15, 0.2) is 0 Å². The number of halogens is 2. The van der Waals surface area contributed by atoms with Gasteiger partial charge in [0, 0.05) is 21.7 Å². The number of esters is 1. The number of benzene rings is 3. The number of phenols is 1. The summed E-state index contributed by atoms with van der Waals surface area (Å²) in [7, 11) is 1.90. The third-order valence-electron chi connectivity index (χ3n) is 6.42. The zero-order valence-corrected chi connectivity index (χ0v) is 21.9. The van der Waals surface area contributed by atoms with Gasteiger partial charge in [0.2, 0.25) is 0 Å². The number of carboxylic acids is 2. The molecular weight excluding hydrogens is 551 g/mol. The predicted molar refractivity (Wildman–Crippen MR) is 143 cm³/mol. The Labute approximate surface area is 232 Å². The van der Waals surface area contributed by atoms with Gasteiger partial charge in [-0.1, -0.05) is 35.3 Å². The summed E-state index contributed by atoms with van der Waals surface area (Å²) in [6, 6.07) is 10.8. The van der Waals surface area contributed by atoms with Crippen LogP contribution in [0.25, 0.3) is 11.1 Å². The maximum Gasteiger partial charge on any atom is 0.340 e. The van der Waals surface area contributed by atoms with Crippen LogP contribution in [-0.2, 0) is 4.74 Å². The lowest BCUT2D eigenvalue weighted by Crippen LogP contribution is -2.47. The van der Waals surface area contributed by atoms with Crippen LogP contribution in [0.4, 0.5) is 5.69 Å². The molecule has 0 aliphatic carbocycles. The summed E-state index contributed by atoms with van der Waals surface area (Å²) in [4.78, 5) is 51.6. The van der Waals surface area contributed by atoms with Crippen LogP contribution in [0.5, 0.6) is 5.75 Å². The fourth-order valence-electron chi connectivity index (χ4n) is 4.06. The van der Waals surface area contributed by atoms with Gasteiger partial charge in [-0.3, -0.25) is 9.69 Å². The van der Waals surface area contributed by atoms with E-state index in [9.17, 15) is 34.5 Å². The number of carbonyl (C=O) groups excluding carboxylic acids is 2. The van der Waals surface area contributed by atoms with Gasteiger partial charge in [-0.05, 0) is 62.0 Å². The van der Waals surface area contributed by atoms with Crippen molar-refractivity contribution in [2.45, 2.75) is 12.5 Å². The number of nitrogens with one attached hydrogen (secondary N) is 1. The molecule has 1 atom stereocenters. The van der Waals surface area contributed by atoms with E-state index in [2.05, 4.69) is 5.32 Å². The van der Waals surface area contributed by atoms with Gasteiger partial charge in [0.25, 0.3) is 5.91 Å². The molecule has 3 aromatic carbocycles. The second kappa shape index (κ2) is 11.3. The largest absolute Gasteiger partial charge is 0.507 e. The first-order valence-electron chi connectivity index (χ1n) is 11.6. The van der Waals surface area contributed by atoms with E-state index in [-0.39, 0.29) is 23.9 Å². The molecule has 0 aromatic heterocycles. The molecule has 3 aromatic rings. The second-order valence-electron chi connectivity index (χ2n) is 8.89. The Balaban J connectivity index is 1.75. The average molecular weight is 573 g/mol. The van der Waals surface area contributed by atoms with Crippen molar-refractivity contribution in [3.05, 3.63) is 80.8 Å². The lowest BCUT2D eigenvalue weighted by molar-refractivity contribution is 0.0188. The van der Waals surface area contributed by atoms with Gasteiger partial charge >= 0.3 is 17.9 Å². The minimum absolute atomic E-state index is 0.0201. The molecule has 0 bridgehead atoms. The molecule has 0 radical (unpaired) electrons. The molecule has 1 fully saturated rings. The maximum absolute atomic E-state index is 13.3. The first-order valence-corrected chi connectivity index (χ1v) is 12.3. The summed E-state index contributed by atoms with van der Waals surface area (Å²) in [6.07, 6.45) is 0.867. The molecular formula is C27H22Cl2N2O8. The van der Waals surface area contributed by atoms with E-state index in [1.807, 2.05) is 11.9 Å². The number of likely N-dealkylation sites (N-methyl/N-ethyl adjacent to an activating group) is 1. The van der Waals surface area contributed by atoms with E-state index in [0.29, 0.717) is 27.2 Å². The van der Waals surface area contributed by atoms with Crippen molar-refractivity contribution in [2.24, 2.45) is 0 Å². The number of nitrogens with zero attached hydrogens (tertiary/aromatic N) is 1. The zero-order chi connectivity index (χ0) is 28.4. The highest BCUT2D eigenvalue weighted by molar-refractivity contribution is 6.36. The van der Waals surface area contributed by atoms with Crippen LogP contribution in [-0.4, -0.2) is 70.3 Å². The standard InChI is InChI=1S/C27H22Cl2N2O8/c1-31-7-6-15(31)12-39-27(38)17-4-2-13(16-5-3-14(28)9-21(16)29)8-22(17)30-24(33)18-10-20(26(36)37)23(32)11-19(18)25(34)35/h2-5,8-11,15,32H,6-7,12H2,1H3,(H,30,33)(H,34,35)(H,36,37). The fourth-order valence-corrected chi connectivity index (χ4v) is 4.58. The maximum atomic E-state index is 13.3. The number of hydrogen-bond donors (Lipinski definition) is 4. The highest BCUT2D eigenvalue weighted by Crippen LogP contribution is 2.34. The fraction of sp³-hybridized carbons (Fsp3) is 0.185. The van der Waals surface area contributed by atoms with Gasteiger partial charge in [0.05, 0.1) is 22.4 Å². The van der Waals surface area contributed by atoms with Gasteiger partial charge in [-0.25, -0.2) is 14.4 Å². The number of ether oxygens (including phenoxy) is 1. The molecule has 10 nitrogen and oxygen atoms in total. The Morgan fingerprint density at radius 2 is 1.67 bits per heavy atom. The highest BCUT2D eigenvalue weighted by atomic mass is 35.5. The number of amides is 1. The highest BCUT2D eigenvalue weighted by Gasteiger charge is 2.27. The van der Waals surface area contributed by atoms with Crippen LogP contribution in [0.15, 0.2) is 48.5 Å². The number of rotatable bonds is 8. The van der Waals surface area contributed by atoms with E-state index in [4.69, 9.17) is 27.9 Å². The quantitative estimate of drug-likeness (QED) is 0.276. The summed E-state index contributed by atoms with van der Waals surface area (Å²) in [6.45, 7) is 1.02. The topological polar surface area (TPSA) is 153 Å². The van der Waals surface area contributed by atoms with Gasteiger partial charge < -0.3 is 25.4 Å². The van der Waals surface area contributed by atoms with Crippen LogP contribution in [0.2, 0.25) is 10.0 Å². The molecule has 0 saturated carbocycles. The van der Waals surface area contributed by atoms with E-state index in [1.54, 1.807) is 18.2 Å². The van der Waals surface area contributed by atoms with Crippen molar-refractivity contribution < 1.29 is 39.2 Å². The van der Waals surface area contributed by atoms with Crippen LogP contribution in [0.1, 0.15) is 47.9 Å². The van der Waals surface area contributed by atoms with Crippen LogP contribution < -0.4 is 5.32 Å². The number of likely N-dealkylation sites (tertiary alicyclic amines) is 1. The van der Waals surface area contributed by atoms with Crippen molar-refractivity contribution in [1.82, 2.24) is 4.90 Å². The minimum Gasteiger partial charge on any atom is -0.507 e. The number of anilines is 1. The summed E-state index contributed by atoms with van der Waals surface area (Å²) in [5.41, 5.74) is -0.859. The number of aromatic hydroxyl groups is 1. The first-order chi connectivity index (χ1) is 18.5. The second-order valence-corrected chi connectivity index (χ2v) is 9.73. The Bertz CT molecular complexity index is 1510. The summed E-state index contributed by atoms with van der Waals surface area (Å²) < 4.78 is 5.46. The lowest BCUT2D eigenvalue weighted by atomic mass is 10.00. The monoisotopic (exact) mass is 572 g/mol. The van der Waals surface area contributed by atoms with E-state index in [0.717, 1.165) is 19.0 Å². The number of hydrogen-bond acceptors (Lipinski definition) is 7. The molecule has 1 aliphatic rings. The number of aromatic carboxylic acids is 2. The molecule has 39 heavy (non-hydrogen) atoms. The van der Waals surface area contributed by atoms with Crippen molar-refractivity contribution >= 4 is 52.7 Å². The molecule has 1 unspecified atom stereocenters. The van der Waals surface area contributed by atoms with Crippen LogP contribution in [0.3, 0.4) is 0 Å². The van der Waals surface area contributed by atoms with Crippen molar-refractivity contribution in [3.63, 3.8) is 0 Å². The van der Waals surface area contributed by atoms with E-state index >= 15 is 0 Å². The molecule has 4 N–H and O–H groups in total. The SMILES string of the molecule is CN1CCC1COC(=O)c1ccc(-c2ccc(Cl)cc2Cl)cc1NC(=O)c1cc(C(=O)O)c(O)cc1C(=O)O. The Morgan fingerprint density at radius 1 is 0.949 bits per heavy atom. The Hall–Kier alpha value is -4.12. The van der Waals surface area contributed by atoms with Crippen molar-refractivity contribution in [2.75, 3.05) is 25.5 Å². The van der Waals surface area contributed by atoms with Crippen molar-refractivity contribution in [1.29, 1.82) is 0 Å². The average Bonchev–Trinajstić information content (AvgIpc) is 2.87. The zero-order valence-electron chi connectivity index (χ0n) is 20.4. The molecule has 1 aliphatic heterocycles. The summed E-state index contributed by atoms with van der Waals surface area (Å²) in [5, 5.41) is 32.0. The third-order valence-corrected chi connectivity index (χ3v) is 6.96. The first kappa shape index (κ1) is 27.9. The van der Waals surface area contributed by atoms with Crippen molar-refractivity contribution in [3.8, 4) is 16.9 Å². The van der Waals surface area contributed by atoms with E-state index < -0.39 is 46.3 Å². The molecule has 1 heterocycles. The predicted octanol–water partition coefficient (Wildman–Crippen LogP) is 4.88. The van der Waals surface area contributed by atoms with Gasteiger partial charge in [-0.15, -0.1) is 0 Å². The molecule has 202 valence electrons. The van der Waals surface area contributed by atoms with Crippen LogP contribution in [0, 0.1) is 0 Å². The smallest absolute Gasteiger partial charge is 0.340 e. The third kappa shape index (κ3) is 5.98. The molecule has 1 saturated heterocycles. The van der Waals surface area contributed by atoms with Gasteiger partial charge in [0.1, 0.15) is 17.9 Å². The number of carbonyl (C=O) groups is 4. The summed E-state index contributed by atoms with van der Waals surface area (Å²) >= 11 is 12.3. The normalized spacial score (nSPS) is 14.8. The minimum atomic E-state index is -1.57. The van der Waals surface area contributed by atoms with E-state index in [1.165, 1.54) is 18.2 Å².